The molecule has 4 rings (SSSR count). The molecule has 0 saturated carbocycles. The summed E-state index contributed by atoms with van der Waals surface area (Å²) in [5.41, 5.74) is 1.40. The van der Waals surface area contributed by atoms with Gasteiger partial charge in [-0.2, -0.15) is 10.2 Å². The smallest absolute Gasteiger partial charge is 0.335 e. The number of carboxylic acid groups (broad SMARTS) is 1. The Balaban J connectivity index is 1.61. The SMILES string of the molecule is O=C(O)c1ccc(Cn2ncc3ncc(C#CCn4cncn4)nc3c2=O)cc1. The van der Waals surface area contributed by atoms with E-state index < -0.39 is 11.5 Å². The van der Waals surface area contributed by atoms with Crippen LogP contribution in [0.5, 0.6) is 0 Å². The van der Waals surface area contributed by atoms with Crippen LogP contribution >= 0.6 is 0 Å². The summed E-state index contributed by atoms with van der Waals surface area (Å²) in [7, 11) is 0. The molecule has 0 bridgehead atoms. The van der Waals surface area contributed by atoms with Gasteiger partial charge in [0.25, 0.3) is 5.56 Å². The number of aromatic nitrogens is 7. The molecule has 0 fully saturated rings. The van der Waals surface area contributed by atoms with Crippen LogP contribution in [0.3, 0.4) is 0 Å². The Morgan fingerprint density at radius 3 is 2.69 bits per heavy atom. The Kier molecular flexibility index (Phi) is 4.77. The molecule has 10 nitrogen and oxygen atoms in total. The van der Waals surface area contributed by atoms with E-state index in [-0.39, 0.29) is 17.6 Å². The van der Waals surface area contributed by atoms with Crippen LogP contribution in [0.1, 0.15) is 21.6 Å². The van der Waals surface area contributed by atoms with Gasteiger partial charge < -0.3 is 5.11 Å². The number of hydrogen-bond acceptors (Lipinski definition) is 7. The molecule has 0 saturated heterocycles. The first-order chi connectivity index (χ1) is 14.1. The largest absolute Gasteiger partial charge is 0.478 e. The van der Waals surface area contributed by atoms with Gasteiger partial charge in [-0.15, -0.1) is 0 Å². The Bertz CT molecular complexity index is 1300. The number of carboxylic acids is 1. The molecule has 0 aliphatic carbocycles. The standard InChI is InChI=1S/C19H13N7O3/c27-18-17-16(21-8-15(24-17)2-1-7-25-12-20-11-23-25)9-22-26(18)10-13-3-5-14(6-4-13)19(28)29/h3-6,8-9,11-12H,7,10H2,(H,28,29). The fraction of sp³-hybridized carbons (Fsp3) is 0.105. The summed E-state index contributed by atoms with van der Waals surface area (Å²) in [4.78, 5) is 36.0. The summed E-state index contributed by atoms with van der Waals surface area (Å²) in [6.45, 7) is 0.519. The molecule has 0 aliphatic heterocycles. The molecule has 3 aromatic heterocycles. The first-order valence-corrected chi connectivity index (χ1v) is 8.46. The maximum absolute atomic E-state index is 12.8. The molecule has 0 unspecified atom stereocenters. The molecule has 0 aliphatic rings. The van der Waals surface area contributed by atoms with Crippen molar-refractivity contribution in [1.29, 1.82) is 0 Å². The highest BCUT2D eigenvalue weighted by Gasteiger charge is 2.09. The van der Waals surface area contributed by atoms with Crippen LogP contribution in [0.2, 0.25) is 0 Å². The van der Waals surface area contributed by atoms with Gasteiger partial charge in [0.15, 0.2) is 5.52 Å². The van der Waals surface area contributed by atoms with Gasteiger partial charge in [-0.05, 0) is 23.6 Å². The third-order valence-electron chi connectivity index (χ3n) is 4.01. The Morgan fingerprint density at radius 1 is 1.14 bits per heavy atom. The summed E-state index contributed by atoms with van der Waals surface area (Å²) in [5.74, 6) is 4.74. The number of aromatic carboxylic acids is 1. The second kappa shape index (κ2) is 7.69. The van der Waals surface area contributed by atoms with Gasteiger partial charge in [0, 0.05) is 0 Å². The first-order valence-electron chi connectivity index (χ1n) is 8.46. The average molecular weight is 387 g/mol. The molecule has 142 valence electrons. The first kappa shape index (κ1) is 18.0. The van der Waals surface area contributed by atoms with Crippen molar-refractivity contribution in [3.63, 3.8) is 0 Å². The monoisotopic (exact) mass is 387 g/mol. The van der Waals surface area contributed by atoms with Crippen molar-refractivity contribution in [2.45, 2.75) is 13.1 Å². The summed E-state index contributed by atoms with van der Waals surface area (Å²) in [6, 6.07) is 6.23. The molecular formula is C19H13N7O3. The fourth-order valence-electron chi connectivity index (χ4n) is 2.57. The van der Waals surface area contributed by atoms with Crippen LogP contribution in [0.4, 0.5) is 0 Å². The van der Waals surface area contributed by atoms with Gasteiger partial charge in [-0.1, -0.05) is 18.1 Å². The number of benzene rings is 1. The van der Waals surface area contributed by atoms with Gasteiger partial charge in [-0.3, -0.25) is 4.79 Å². The zero-order valence-electron chi connectivity index (χ0n) is 14.9. The van der Waals surface area contributed by atoms with Gasteiger partial charge in [0.2, 0.25) is 0 Å². The van der Waals surface area contributed by atoms with E-state index in [9.17, 15) is 9.59 Å². The molecular weight excluding hydrogens is 374 g/mol. The van der Waals surface area contributed by atoms with Crippen molar-refractivity contribution < 1.29 is 9.90 Å². The zero-order chi connectivity index (χ0) is 20.2. The van der Waals surface area contributed by atoms with Crippen molar-refractivity contribution >= 4 is 17.0 Å². The highest BCUT2D eigenvalue weighted by Crippen LogP contribution is 2.07. The van der Waals surface area contributed by atoms with Crippen LogP contribution in [0, 0.1) is 11.8 Å². The second-order valence-electron chi connectivity index (χ2n) is 5.99. The van der Waals surface area contributed by atoms with Gasteiger partial charge in [-0.25, -0.2) is 29.1 Å². The Hall–Kier alpha value is -4.39. The van der Waals surface area contributed by atoms with Crippen LogP contribution in [0.25, 0.3) is 11.0 Å². The Labute approximate surface area is 163 Å². The molecule has 0 radical (unpaired) electrons. The molecule has 3 heterocycles. The van der Waals surface area contributed by atoms with Crippen LogP contribution < -0.4 is 5.56 Å². The maximum atomic E-state index is 12.8. The van der Waals surface area contributed by atoms with Gasteiger partial charge in [0.1, 0.15) is 30.4 Å². The molecule has 0 spiro atoms. The highest BCUT2D eigenvalue weighted by molar-refractivity contribution is 5.87. The second-order valence-corrected chi connectivity index (χ2v) is 5.99. The molecule has 0 atom stereocenters. The average Bonchev–Trinajstić information content (AvgIpc) is 3.24. The minimum Gasteiger partial charge on any atom is -0.478 e. The lowest BCUT2D eigenvalue weighted by atomic mass is 10.1. The normalized spacial score (nSPS) is 10.5. The summed E-state index contributed by atoms with van der Waals surface area (Å²) in [6.07, 6.45) is 5.91. The lowest BCUT2D eigenvalue weighted by Gasteiger charge is -2.06. The summed E-state index contributed by atoms with van der Waals surface area (Å²) < 4.78 is 2.81. The van der Waals surface area contributed by atoms with E-state index in [4.69, 9.17) is 5.11 Å². The zero-order valence-corrected chi connectivity index (χ0v) is 14.9. The van der Waals surface area contributed by atoms with Crippen molar-refractivity contribution in [1.82, 2.24) is 34.5 Å². The predicted molar refractivity (Wildman–Crippen MR) is 101 cm³/mol. The number of nitrogens with zero attached hydrogens (tertiary/aromatic N) is 7. The third-order valence-corrected chi connectivity index (χ3v) is 4.01. The molecule has 0 amide bonds. The molecule has 29 heavy (non-hydrogen) atoms. The molecule has 1 N–H and O–H groups in total. The van der Waals surface area contributed by atoms with E-state index >= 15 is 0 Å². The van der Waals surface area contributed by atoms with Gasteiger partial charge in [0.05, 0.1) is 24.5 Å². The van der Waals surface area contributed by atoms with Crippen molar-refractivity contribution in [3.8, 4) is 11.8 Å². The topological polar surface area (TPSA) is 129 Å². The quantitative estimate of drug-likeness (QED) is 0.504. The summed E-state index contributed by atoms with van der Waals surface area (Å²) in [5, 5.41) is 17.0. The number of carbonyl (C=O) groups is 1. The highest BCUT2D eigenvalue weighted by atomic mass is 16.4. The van der Waals surface area contributed by atoms with Crippen molar-refractivity contribution in [2.75, 3.05) is 0 Å². The van der Waals surface area contributed by atoms with Crippen LogP contribution in [0.15, 0.2) is 54.1 Å². The van der Waals surface area contributed by atoms with E-state index in [1.54, 1.807) is 23.1 Å². The van der Waals surface area contributed by atoms with E-state index in [1.807, 2.05) is 0 Å². The van der Waals surface area contributed by atoms with Gasteiger partial charge >= 0.3 is 5.97 Å². The Morgan fingerprint density at radius 2 is 1.97 bits per heavy atom. The predicted octanol–water partition coefficient (Wildman–Crippen LogP) is 0.576. The third kappa shape index (κ3) is 3.98. The number of hydrogen-bond donors (Lipinski definition) is 1. The lowest BCUT2D eigenvalue weighted by molar-refractivity contribution is 0.0697. The fourth-order valence-corrected chi connectivity index (χ4v) is 2.57. The molecule has 1 aromatic carbocycles. The minimum atomic E-state index is -1.01. The van der Waals surface area contributed by atoms with E-state index in [2.05, 4.69) is 37.0 Å². The summed E-state index contributed by atoms with van der Waals surface area (Å²) >= 11 is 0. The van der Waals surface area contributed by atoms with Crippen LogP contribution in [-0.4, -0.2) is 45.6 Å². The number of fused-ring (bicyclic) bond motifs is 1. The minimum absolute atomic E-state index is 0.162. The maximum Gasteiger partial charge on any atom is 0.335 e. The van der Waals surface area contributed by atoms with Crippen molar-refractivity contribution in [3.05, 3.63) is 76.5 Å². The van der Waals surface area contributed by atoms with Crippen molar-refractivity contribution in [2.24, 2.45) is 0 Å². The van der Waals surface area contributed by atoms with E-state index in [1.165, 1.54) is 35.5 Å². The van der Waals surface area contributed by atoms with E-state index in [0.717, 1.165) is 5.56 Å². The van der Waals surface area contributed by atoms with Crippen LogP contribution in [-0.2, 0) is 13.1 Å². The molecule has 10 heteroatoms. The number of rotatable bonds is 4. The molecule has 4 aromatic rings. The lowest BCUT2D eigenvalue weighted by Crippen LogP contribution is -2.24. The van der Waals surface area contributed by atoms with E-state index in [0.29, 0.717) is 17.8 Å².